The van der Waals surface area contributed by atoms with Crippen LogP contribution in [0.5, 0.6) is 11.5 Å². The third-order valence-electron chi connectivity index (χ3n) is 2.90. The maximum Gasteiger partial charge on any atom is 0.324 e. The standard InChI is InChI=1S/C17H23ClN2O6/c1-4-25-14-6-12(5-13(18)17(14)26-10-11(2)3)7-19-20(8-15(21)22)9-16(23)24/h5-7,11H,4,8-10H2,1-3H3,(H,21,22)(H,23,24)/b19-7-. The first-order chi connectivity index (χ1) is 12.2. The van der Waals surface area contributed by atoms with Crippen LogP contribution in [0.3, 0.4) is 0 Å². The number of carbonyl (C=O) groups is 2. The van der Waals surface area contributed by atoms with Crippen LogP contribution in [-0.2, 0) is 9.59 Å². The maximum absolute atomic E-state index is 10.8. The number of carboxylic acid groups (broad SMARTS) is 2. The first-order valence-corrected chi connectivity index (χ1v) is 8.42. The molecule has 0 aliphatic rings. The van der Waals surface area contributed by atoms with Gasteiger partial charge in [-0.1, -0.05) is 25.4 Å². The number of hydrazone groups is 1. The van der Waals surface area contributed by atoms with E-state index in [1.54, 1.807) is 12.1 Å². The molecule has 0 bridgehead atoms. The molecule has 1 aromatic carbocycles. The van der Waals surface area contributed by atoms with Crippen molar-refractivity contribution in [2.75, 3.05) is 26.3 Å². The van der Waals surface area contributed by atoms with Crippen molar-refractivity contribution in [2.24, 2.45) is 11.0 Å². The zero-order chi connectivity index (χ0) is 19.7. The Morgan fingerprint density at radius 2 is 1.85 bits per heavy atom. The van der Waals surface area contributed by atoms with Crippen LogP contribution < -0.4 is 9.47 Å². The van der Waals surface area contributed by atoms with Crippen molar-refractivity contribution in [3.05, 3.63) is 22.7 Å². The summed E-state index contributed by atoms with van der Waals surface area (Å²) in [6, 6.07) is 3.23. The molecule has 0 radical (unpaired) electrons. The molecular formula is C17H23ClN2O6. The van der Waals surface area contributed by atoms with Crippen LogP contribution >= 0.6 is 11.6 Å². The number of hydrogen-bond acceptors (Lipinski definition) is 6. The number of rotatable bonds is 11. The van der Waals surface area contributed by atoms with Gasteiger partial charge in [0.1, 0.15) is 13.1 Å². The molecule has 26 heavy (non-hydrogen) atoms. The van der Waals surface area contributed by atoms with Crippen LogP contribution in [0.25, 0.3) is 0 Å². The van der Waals surface area contributed by atoms with E-state index >= 15 is 0 Å². The number of halogens is 1. The van der Waals surface area contributed by atoms with Crippen molar-refractivity contribution in [2.45, 2.75) is 20.8 Å². The van der Waals surface area contributed by atoms with Crippen molar-refractivity contribution >= 4 is 29.8 Å². The Labute approximate surface area is 157 Å². The lowest BCUT2D eigenvalue weighted by molar-refractivity contribution is -0.141. The van der Waals surface area contributed by atoms with Gasteiger partial charge in [0.25, 0.3) is 0 Å². The third-order valence-corrected chi connectivity index (χ3v) is 3.18. The average molecular weight is 387 g/mol. The number of ether oxygens (including phenoxy) is 2. The number of carboxylic acids is 2. The van der Waals surface area contributed by atoms with Gasteiger partial charge in [-0.3, -0.25) is 14.6 Å². The zero-order valence-corrected chi connectivity index (χ0v) is 15.7. The molecule has 144 valence electrons. The van der Waals surface area contributed by atoms with E-state index in [-0.39, 0.29) is 0 Å². The molecular weight excluding hydrogens is 364 g/mol. The van der Waals surface area contributed by atoms with Crippen LogP contribution in [-0.4, -0.2) is 59.7 Å². The quantitative estimate of drug-likeness (QED) is 0.444. The molecule has 1 rings (SSSR count). The lowest BCUT2D eigenvalue weighted by atomic mass is 10.2. The van der Waals surface area contributed by atoms with Crippen LogP contribution in [0.4, 0.5) is 0 Å². The van der Waals surface area contributed by atoms with E-state index in [2.05, 4.69) is 5.10 Å². The van der Waals surface area contributed by atoms with E-state index in [9.17, 15) is 9.59 Å². The molecule has 0 aromatic heterocycles. The summed E-state index contributed by atoms with van der Waals surface area (Å²) in [5.41, 5.74) is 0.524. The van der Waals surface area contributed by atoms with Gasteiger partial charge in [0.2, 0.25) is 0 Å². The molecule has 0 unspecified atom stereocenters. The Bertz CT molecular complexity index is 647. The number of nitrogens with zero attached hydrogens (tertiary/aromatic N) is 2. The highest BCUT2D eigenvalue weighted by atomic mass is 35.5. The SMILES string of the molecule is CCOc1cc(/C=N\N(CC(=O)O)CC(=O)O)cc(Cl)c1OCC(C)C. The zero-order valence-electron chi connectivity index (χ0n) is 14.9. The minimum Gasteiger partial charge on any atom is -0.490 e. The predicted octanol–water partition coefficient (Wildman–Crippen LogP) is 2.58. The van der Waals surface area contributed by atoms with E-state index < -0.39 is 25.0 Å². The Balaban J connectivity index is 3.07. The van der Waals surface area contributed by atoms with Gasteiger partial charge in [-0.2, -0.15) is 5.10 Å². The highest BCUT2D eigenvalue weighted by Gasteiger charge is 2.14. The van der Waals surface area contributed by atoms with Crippen molar-refractivity contribution in [1.29, 1.82) is 0 Å². The topological polar surface area (TPSA) is 109 Å². The molecule has 0 heterocycles. The summed E-state index contributed by atoms with van der Waals surface area (Å²) < 4.78 is 11.3. The average Bonchev–Trinajstić information content (AvgIpc) is 2.50. The molecule has 2 N–H and O–H groups in total. The first kappa shape index (κ1) is 21.6. The van der Waals surface area contributed by atoms with Crippen LogP contribution in [0.1, 0.15) is 26.3 Å². The van der Waals surface area contributed by atoms with Gasteiger partial charge in [-0.05, 0) is 30.5 Å². The van der Waals surface area contributed by atoms with Gasteiger partial charge < -0.3 is 19.7 Å². The summed E-state index contributed by atoms with van der Waals surface area (Å²) in [5, 5.41) is 22.8. The largest absolute Gasteiger partial charge is 0.490 e. The lowest BCUT2D eigenvalue weighted by Crippen LogP contribution is -2.30. The molecule has 0 aliphatic carbocycles. The predicted molar refractivity (Wildman–Crippen MR) is 97.4 cm³/mol. The monoisotopic (exact) mass is 386 g/mol. The second-order valence-electron chi connectivity index (χ2n) is 5.82. The lowest BCUT2D eigenvalue weighted by Gasteiger charge is -2.16. The summed E-state index contributed by atoms with van der Waals surface area (Å²) in [4.78, 5) is 21.6. The van der Waals surface area contributed by atoms with Crippen molar-refractivity contribution < 1.29 is 29.3 Å². The summed E-state index contributed by atoms with van der Waals surface area (Å²) in [7, 11) is 0. The van der Waals surface area contributed by atoms with Gasteiger partial charge in [0.05, 0.1) is 24.5 Å². The van der Waals surface area contributed by atoms with E-state index in [1.807, 2.05) is 20.8 Å². The number of hydrogen-bond donors (Lipinski definition) is 2. The molecule has 1 aromatic rings. The third kappa shape index (κ3) is 7.60. The Hall–Kier alpha value is -2.48. The van der Waals surface area contributed by atoms with Crippen molar-refractivity contribution in [1.82, 2.24) is 5.01 Å². The van der Waals surface area contributed by atoms with Crippen LogP contribution in [0, 0.1) is 5.92 Å². The van der Waals surface area contributed by atoms with Crippen LogP contribution in [0.15, 0.2) is 17.2 Å². The second kappa shape index (κ2) is 10.5. The Morgan fingerprint density at radius 3 is 2.35 bits per heavy atom. The van der Waals surface area contributed by atoms with Crippen molar-refractivity contribution in [3.8, 4) is 11.5 Å². The van der Waals surface area contributed by atoms with E-state index in [1.165, 1.54) is 6.21 Å². The normalized spacial score (nSPS) is 11.0. The van der Waals surface area contributed by atoms with Gasteiger partial charge in [-0.15, -0.1) is 0 Å². The highest BCUT2D eigenvalue weighted by molar-refractivity contribution is 6.32. The molecule has 0 saturated heterocycles. The fraction of sp³-hybridized carbons (Fsp3) is 0.471. The number of aliphatic carboxylic acids is 2. The summed E-state index contributed by atoms with van der Waals surface area (Å²) >= 11 is 6.27. The van der Waals surface area contributed by atoms with Crippen molar-refractivity contribution in [3.63, 3.8) is 0 Å². The minimum atomic E-state index is -1.19. The summed E-state index contributed by atoms with van der Waals surface area (Å²) in [6.45, 7) is 5.64. The van der Waals surface area contributed by atoms with E-state index in [0.717, 1.165) is 5.01 Å². The van der Waals surface area contributed by atoms with Gasteiger partial charge in [0, 0.05) is 0 Å². The minimum absolute atomic E-state index is 0.308. The van der Waals surface area contributed by atoms with Crippen LogP contribution in [0.2, 0.25) is 5.02 Å². The molecule has 0 aliphatic heterocycles. The second-order valence-corrected chi connectivity index (χ2v) is 6.23. The van der Waals surface area contributed by atoms with Gasteiger partial charge >= 0.3 is 11.9 Å². The molecule has 0 saturated carbocycles. The van der Waals surface area contributed by atoms with E-state index in [0.29, 0.717) is 41.2 Å². The summed E-state index contributed by atoms with van der Waals surface area (Å²) in [6.07, 6.45) is 1.33. The maximum atomic E-state index is 10.8. The molecule has 0 atom stereocenters. The van der Waals surface area contributed by atoms with Gasteiger partial charge in [-0.25, -0.2) is 0 Å². The summed E-state index contributed by atoms with van der Waals surface area (Å²) in [5.74, 6) is -1.21. The molecule has 0 amide bonds. The molecule has 0 fully saturated rings. The fourth-order valence-corrected chi connectivity index (χ4v) is 2.19. The Kier molecular flexibility index (Phi) is 8.71. The molecule has 9 heteroatoms. The van der Waals surface area contributed by atoms with Gasteiger partial charge in [0.15, 0.2) is 11.5 Å². The first-order valence-electron chi connectivity index (χ1n) is 8.04. The number of benzene rings is 1. The Morgan fingerprint density at radius 1 is 1.23 bits per heavy atom. The molecule has 8 nitrogen and oxygen atoms in total. The fourth-order valence-electron chi connectivity index (χ4n) is 1.91. The van der Waals surface area contributed by atoms with E-state index in [4.69, 9.17) is 31.3 Å². The highest BCUT2D eigenvalue weighted by Crippen LogP contribution is 2.36. The smallest absolute Gasteiger partial charge is 0.324 e. The molecule has 0 spiro atoms.